The maximum Gasteiger partial charge on any atom is 0.0412 e. The lowest BCUT2D eigenvalue weighted by molar-refractivity contribution is 1.74. The Morgan fingerprint density at radius 3 is 2.40 bits per heavy atom. The molecule has 0 nitrogen and oxygen atoms in total. The summed E-state index contributed by atoms with van der Waals surface area (Å²) in [4.78, 5) is 0. The van der Waals surface area contributed by atoms with Crippen molar-refractivity contribution in [3.05, 3.63) is 70.2 Å². The first-order valence-corrected chi connectivity index (χ1v) is 7.60. The molecular formula is C18H10BrCl. The lowest BCUT2D eigenvalue weighted by atomic mass is 9.96. The van der Waals surface area contributed by atoms with E-state index in [9.17, 15) is 0 Å². The van der Waals surface area contributed by atoms with E-state index in [4.69, 9.17) is 11.6 Å². The minimum atomic E-state index is 0.762. The van der Waals surface area contributed by atoms with Crippen molar-refractivity contribution in [2.75, 3.05) is 0 Å². The first-order valence-electron chi connectivity index (χ1n) is 6.43. The molecular weight excluding hydrogens is 332 g/mol. The second-order valence-electron chi connectivity index (χ2n) is 4.93. The Morgan fingerprint density at radius 2 is 1.50 bits per heavy atom. The molecule has 0 amide bonds. The van der Waals surface area contributed by atoms with Crippen LogP contribution < -0.4 is 0 Å². The summed E-state index contributed by atoms with van der Waals surface area (Å²) in [6, 6.07) is 21.1. The van der Waals surface area contributed by atoms with Crippen LogP contribution in [0.1, 0.15) is 0 Å². The molecule has 20 heavy (non-hydrogen) atoms. The largest absolute Gasteiger partial charge is 0.0843 e. The van der Waals surface area contributed by atoms with Crippen molar-refractivity contribution in [3.8, 4) is 0 Å². The number of benzene rings is 4. The van der Waals surface area contributed by atoms with Gasteiger partial charge in [-0.15, -0.1) is 0 Å². The molecule has 0 aliphatic heterocycles. The third-order valence-corrected chi connectivity index (χ3v) is 4.64. The van der Waals surface area contributed by atoms with E-state index in [1.807, 2.05) is 12.1 Å². The molecule has 0 fully saturated rings. The zero-order chi connectivity index (χ0) is 13.7. The van der Waals surface area contributed by atoms with Gasteiger partial charge in [0, 0.05) is 9.50 Å². The third kappa shape index (κ3) is 1.74. The highest BCUT2D eigenvalue weighted by Crippen LogP contribution is 2.37. The van der Waals surface area contributed by atoms with Crippen LogP contribution in [0.2, 0.25) is 5.02 Å². The van der Waals surface area contributed by atoms with Crippen molar-refractivity contribution in [1.82, 2.24) is 0 Å². The molecule has 4 aromatic rings. The molecule has 0 aliphatic rings. The van der Waals surface area contributed by atoms with E-state index in [2.05, 4.69) is 64.5 Å². The van der Waals surface area contributed by atoms with Crippen molar-refractivity contribution in [3.63, 3.8) is 0 Å². The van der Waals surface area contributed by atoms with Crippen molar-refractivity contribution in [1.29, 1.82) is 0 Å². The monoisotopic (exact) mass is 340 g/mol. The van der Waals surface area contributed by atoms with Crippen LogP contribution in [0.4, 0.5) is 0 Å². The first-order chi connectivity index (χ1) is 9.74. The standard InChI is InChI=1S/C18H10BrCl/c19-17-9-12-6-5-11-3-1-2-4-14(11)18(12)15-8-7-13(20)10-16(15)17/h1-10H. The van der Waals surface area contributed by atoms with Crippen LogP contribution >= 0.6 is 27.5 Å². The molecule has 0 N–H and O–H groups in total. The summed E-state index contributed by atoms with van der Waals surface area (Å²) in [6.45, 7) is 0. The normalized spacial score (nSPS) is 11.5. The Balaban J connectivity index is 2.35. The molecule has 0 aliphatic carbocycles. The number of rotatable bonds is 0. The Hall–Kier alpha value is -1.57. The van der Waals surface area contributed by atoms with Crippen LogP contribution in [0.25, 0.3) is 32.3 Å². The zero-order valence-corrected chi connectivity index (χ0v) is 12.9. The maximum atomic E-state index is 6.14. The second-order valence-corrected chi connectivity index (χ2v) is 6.22. The van der Waals surface area contributed by atoms with Gasteiger partial charge in [-0.3, -0.25) is 0 Å². The van der Waals surface area contributed by atoms with Gasteiger partial charge in [0.15, 0.2) is 0 Å². The molecule has 0 saturated carbocycles. The molecule has 4 aromatic carbocycles. The van der Waals surface area contributed by atoms with Gasteiger partial charge < -0.3 is 0 Å². The van der Waals surface area contributed by atoms with E-state index >= 15 is 0 Å². The van der Waals surface area contributed by atoms with Gasteiger partial charge in [-0.2, -0.15) is 0 Å². The Kier molecular flexibility index (Phi) is 2.73. The average Bonchev–Trinajstić information content (AvgIpc) is 2.47. The highest BCUT2D eigenvalue weighted by Gasteiger charge is 2.08. The van der Waals surface area contributed by atoms with Gasteiger partial charge in [0.1, 0.15) is 0 Å². The van der Waals surface area contributed by atoms with Crippen molar-refractivity contribution in [2.24, 2.45) is 0 Å². The number of halogens is 2. The van der Waals surface area contributed by atoms with E-state index < -0.39 is 0 Å². The quantitative estimate of drug-likeness (QED) is 0.318. The lowest BCUT2D eigenvalue weighted by Gasteiger charge is -2.10. The highest BCUT2D eigenvalue weighted by atomic mass is 79.9. The van der Waals surface area contributed by atoms with Gasteiger partial charge in [0.25, 0.3) is 0 Å². The lowest BCUT2D eigenvalue weighted by Crippen LogP contribution is -1.82. The van der Waals surface area contributed by atoms with E-state index in [1.165, 1.54) is 26.9 Å². The molecule has 0 heterocycles. The zero-order valence-electron chi connectivity index (χ0n) is 10.5. The minimum Gasteiger partial charge on any atom is -0.0843 e. The van der Waals surface area contributed by atoms with Crippen LogP contribution in [0, 0.1) is 0 Å². The van der Waals surface area contributed by atoms with Gasteiger partial charge in [-0.25, -0.2) is 0 Å². The molecule has 0 saturated heterocycles. The van der Waals surface area contributed by atoms with Crippen molar-refractivity contribution in [2.45, 2.75) is 0 Å². The van der Waals surface area contributed by atoms with Crippen LogP contribution in [0.3, 0.4) is 0 Å². The van der Waals surface area contributed by atoms with E-state index in [1.54, 1.807) is 0 Å². The van der Waals surface area contributed by atoms with Crippen LogP contribution in [-0.2, 0) is 0 Å². The average molecular weight is 342 g/mol. The molecule has 0 bridgehead atoms. The Bertz CT molecular complexity index is 973. The predicted molar refractivity (Wildman–Crippen MR) is 91.7 cm³/mol. The first kappa shape index (κ1) is 12.2. The predicted octanol–water partition coefficient (Wildman–Crippen LogP) is 6.56. The molecule has 0 atom stereocenters. The number of hydrogen-bond donors (Lipinski definition) is 0. The summed E-state index contributed by atoms with van der Waals surface area (Å²) in [7, 11) is 0. The summed E-state index contributed by atoms with van der Waals surface area (Å²) in [5, 5.41) is 8.22. The van der Waals surface area contributed by atoms with Crippen LogP contribution in [0.5, 0.6) is 0 Å². The summed E-state index contributed by atoms with van der Waals surface area (Å²) in [5.41, 5.74) is 0. The summed E-state index contributed by atoms with van der Waals surface area (Å²) < 4.78 is 1.08. The topological polar surface area (TPSA) is 0 Å². The SMILES string of the molecule is Clc1ccc2c(c1)c(Br)cc1ccc3ccccc3c12. The fourth-order valence-electron chi connectivity index (χ4n) is 2.86. The summed E-state index contributed by atoms with van der Waals surface area (Å²) in [6.07, 6.45) is 0. The molecule has 96 valence electrons. The van der Waals surface area contributed by atoms with Crippen LogP contribution in [0.15, 0.2) is 65.1 Å². The van der Waals surface area contributed by atoms with Gasteiger partial charge in [-0.1, -0.05) is 70.0 Å². The van der Waals surface area contributed by atoms with Gasteiger partial charge >= 0.3 is 0 Å². The maximum absolute atomic E-state index is 6.14. The minimum absolute atomic E-state index is 0.762. The highest BCUT2D eigenvalue weighted by molar-refractivity contribution is 9.10. The number of fused-ring (bicyclic) bond motifs is 5. The van der Waals surface area contributed by atoms with Gasteiger partial charge in [-0.05, 0) is 50.5 Å². The third-order valence-electron chi connectivity index (χ3n) is 3.75. The van der Waals surface area contributed by atoms with Gasteiger partial charge in [0.2, 0.25) is 0 Å². The second kappa shape index (κ2) is 4.47. The molecule has 0 spiro atoms. The Labute approximate surface area is 130 Å². The summed E-state index contributed by atoms with van der Waals surface area (Å²) in [5.74, 6) is 0. The number of hydrogen-bond acceptors (Lipinski definition) is 0. The van der Waals surface area contributed by atoms with E-state index in [0.717, 1.165) is 14.9 Å². The molecule has 4 rings (SSSR count). The van der Waals surface area contributed by atoms with Gasteiger partial charge in [0.05, 0.1) is 0 Å². The van der Waals surface area contributed by atoms with Crippen molar-refractivity contribution >= 4 is 59.8 Å². The van der Waals surface area contributed by atoms with E-state index in [-0.39, 0.29) is 0 Å². The van der Waals surface area contributed by atoms with Crippen LogP contribution in [-0.4, -0.2) is 0 Å². The molecule has 0 aromatic heterocycles. The molecule has 0 unspecified atom stereocenters. The molecule has 0 radical (unpaired) electrons. The Morgan fingerprint density at radius 1 is 0.700 bits per heavy atom. The smallest absolute Gasteiger partial charge is 0.0412 e. The fourth-order valence-corrected chi connectivity index (χ4v) is 3.60. The summed E-state index contributed by atoms with van der Waals surface area (Å²) >= 11 is 9.80. The fraction of sp³-hybridized carbons (Fsp3) is 0. The van der Waals surface area contributed by atoms with E-state index in [0.29, 0.717) is 0 Å². The van der Waals surface area contributed by atoms with Crippen molar-refractivity contribution < 1.29 is 0 Å². The molecule has 2 heteroatoms.